The Labute approximate surface area is 136 Å². The van der Waals surface area contributed by atoms with Crippen molar-refractivity contribution in [1.82, 2.24) is 4.98 Å². The number of sulfonamides is 1. The van der Waals surface area contributed by atoms with E-state index in [-0.39, 0.29) is 22.1 Å². The highest BCUT2D eigenvalue weighted by molar-refractivity contribution is 7.89. The van der Waals surface area contributed by atoms with E-state index in [1.54, 1.807) is 18.4 Å². The molecule has 2 saturated carbocycles. The largest absolute Gasteiger partial charge is 0.448 e. The van der Waals surface area contributed by atoms with E-state index in [4.69, 9.17) is 9.56 Å². The van der Waals surface area contributed by atoms with Gasteiger partial charge >= 0.3 is 0 Å². The van der Waals surface area contributed by atoms with Gasteiger partial charge in [-0.3, -0.25) is 0 Å². The quantitative estimate of drug-likeness (QED) is 0.932. The molecule has 1 aromatic carbocycles. The third-order valence-corrected chi connectivity index (χ3v) is 6.13. The number of rotatable bonds is 4. The average Bonchev–Trinajstić information content (AvgIpc) is 3.36. The molecule has 4 rings (SSSR count). The molecule has 0 unspecified atom stereocenters. The molecule has 0 amide bonds. The fraction of sp³-hybridized carbons (Fsp3) is 0.471. The number of benzene rings is 1. The van der Waals surface area contributed by atoms with E-state index >= 15 is 0 Å². The molecule has 0 aliphatic heterocycles. The lowest BCUT2D eigenvalue weighted by molar-refractivity contribution is 0.467. The van der Waals surface area contributed by atoms with E-state index in [1.807, 2.05) is 12.1 Å². The van der Waals surface area contributed by atoms with E-state index in [1.165, 1.54) is 12.8 Å². The van der Waals surface area contributed by atoms with Gasteiger partial charge in [0.25, 0.3) is 0 Å². The summed E-state index contributed by atoms with van der Waals surface area (Å²) in [5.74, 6) is 1.90. The lowest BCUT2D eigenvalue weighted by Crippen LogP contribution is -2.11. The van der Waals surface area contributed by atoms with E-state index in [0.717, 1.165) is 17.1 Å². The van der Waals surface area contributed by atoms with Gasteiger partial charge in [0.2, 0.25) is 10.0 Å². The summed E-state index contributed by atoms with van der Waals surface area (Å²) in [6, 6.07) is 6.83. The second-order valence-electron chi connectivity index (χ2n) is 7.28. The molecule has 23 heavy (non-hydrogen) atoms. The van der Waals surface area contributed by atoms with Crippen molar-refractivity contribution in [3.8, 4) is 0 Å². The van der Waals surface area contributed by atoms with Crippen LogP contribution in [0.1, 0.15) is 61.6 Å². The average molecular weight is 332 g/mol. The van der Waals surface area contributed by atoms with Crippen molar-refractivity contribution in [2.75, 3.05) is 0 Å². The molecule has 1 aromatic heterocycles. The van der Waals surface area contributed by atoms with Gasteiger partial charge < -0.3 is 4.42 Å². The van der Waals surface area contributed by atoms with Crippen molar-refractivity contribution in [2.24, 2.45) is 10.6 Å². The Bertz CT molecular complexity index is 848. The molecular weight excluding hydrogens is 312 g/mol. The normalized spacial score (nSPS) is 26.2. The van der Waals surface area contributed by atoms with Crippen LogP contribution in [0.25, 0.3) is 0 Å². The standard InChI is InChI=1S/C17H20N2O3S/c1-17(2)14(11-5-7-12(8-6-11)23(18,20)21)15(17)16-19-13(9-22-16)10-3-4-10/h5-10,14-15H,3-4H2,1-2H3,(H2,18,20,21)/t14-,15+/m1/s1. The summed E-state index contributed by atoms with van der Waals surface area (Å²) in [4.78, 5) is 4.82. The van der Waals surface area contributed by atoms with Gasteiger partial charge in [0.1, 0.15) is 6.26 Å². The van der Waals surface area contributed by atoms with Crippen molar-refractivity contribution in [1.29, 1.82) is 0 Å². The monoisotopic (exact) mass is 332 g/mol. The second-order valence-corrected chi connectivity index (χ2v) is 8.84. The lowest BCUT2D eigenvalue weighted by atomic mass is 10.0. The van der Waals surface area contributed by atoms with Gasteiger partial charge in [-0.2, -0.15) is 0 Å². The van der Waals surface area contributed by atoms with Crippen LogP contribution in [-0.4, -0.2) is 13.4 Å². The van der Waals surface area contributed by atoms with Crippen molar-refractivity contribution < 1.29 is 12.8 Å². The van der Waals surface area contributed by atoms with Gasteiger partial charge in [-0.15, -0.1) is 0 Å². The molecule has 2 fully saturated rings. The van der Waals surface area contributed by atoms with E-state index < -0.39 is 10.0 Å². The number of nitrogens with two attached hydrogens (primary N) is 1. The Hall–Kier alpha value is -1.66. The van der Waals surface area contributed by atoms with Gasteiger partial charge in [-0.1, -0.05) is 26.0 Å². The number of oxazole rings is 1. The Morgan fingerprint density at radius 2 is 1.83 bits per heavy atom. The molecule has 1 heterocycles. The summed E-state index contributed by atoms with van der Waals surface area (Å²) >= 11 is 0. The number of primary sulfonamides is 1. The zero-order valence-corrected chi connectivity index (χ0v) is 14.0. The molecule has 2 aromatic rings. The minimum absolute atomic E-state index is 0.0504. The summed E-state index contributed by atoms with van der Waals surface area (Å²) in [6.45, 7) is 4.38. The molecule has 0 radical (unpaired) electrons. The molecule has 6 heteroatoms. The van der Waals surface area contributed by atoms with Crippen LogP contribution >= 0.6 is 0 Å². The van der Waals surface area contributed by atoms with Crippen molar-refractivity contribution in [3.05, 3.63) is 47.7 Å². The SMILES string of the molecule is CC1(C)[C@H](c2ccc(S(N)(=O)=O)cc2)[C@H]1c1nc(C2CC2)co1. The molecule has 2 aliphatic carbocycles. The van der Waals surface area contributed by atoms with E-state index in [2.05, 4.69) is 18.8 Å². The smallest absolute Gasteiger partial charge is 0.238 e. The topological polar surface area (TPSA) is 86.2 Å². The Morgan fingerprint density at radius 3 is 2.39 bits per heavy atom. The maximum Gasteiger partial charge on any atom is 0.238 e. The number of hydrogen-bond donors (Lipinski definition) is 1. The molecule has 2 aliphatic rings. The zero-order chi connectivity index (χ0) is 16.4. The minimum atomic E-state index is -3.65. The van der Waals surface area contributed by atoms with Gasteiger partial charge in [-0.25, -0.2) is 18.5 Å². The third-order valence-electron chi connectivity index (χ3n) is 5.20. The predicted molar refractivity (Wildman–Crippen MR) is 85.6 cm³/mol. The summed E-state index contributed by atoms with van der Waals surface area (Å²) in [5, 5.41) is 5.15. The first-order valence-corrected chi connectivity index (χ1v) is 9.41. The molecule has 0 saturated heterocycles. The van der Waals surface area contributed by atoms with Gasteiger partial charge in [0.15, 0.2) is 5.89 Å². The Morgan fingerprint density at radius 1 is 1.17 bits per heavy atom. The van der Waals surface area contributed by atoms with Crippen LogP contribution in [0.3, 0.4) is 0 Å². The van der Waals surface area contributed by atoms with Crippen LogP contribution in [0.2, 0.25) is 0 Å². The lowest BCUT2D eigenvalue weighted by Gasteiger charge is -2.04. The van der Waals surface area contributed by atoms with Crippen molar-refractivity contribution >= 4 is 10.0 Å². The molecule has 0 spiro atoms. The summed E-state index contributed by atoms with van der Waals surface area (Å²) < 4.78 is 28.5. The highest BCUT2D eigenvalue weighted by atomic mass is 32.2. The van der Waals surface area contributed by atoms with Crippen LogP contribution in [-0.2, 0) is 10.0 Å². The number of hydrogen-bond acceptors (Lipinski definition) is 4. The van der Waals surface area contributed by atoms with Crippen LogP contribution in [0, 0.1) is 5.41 Å². The summed E-state index contributed by atoms with van der Waals surface area (Å²) in [7, 11) is -3.65. The predicted octanol–water partition coefficient (Wildman–Crippen LogP) is 3.11. The van der Waals surface area contributed by atoms with E-state index in [0.29, 0.717) is 5.92 Å². The van der Waals surface area contributed by atoms with Crippen LogP contribution in [0.4, 0.5) is 0 Å². The minimum Gasteiger partial charge on any atom is -0.448 e. The second kappa shape index (κ2) is 4.68. The molecule has 0 bridgehead atoms. The van der Waals surface area contributed by atoms with Crippen LogP contribution < -0.4 is 5.14 Å². The van der Waals surface area contributed by atoms with Crippen LogP contribution in [0.5, 0.6) is 0 Å². The fourth-order valence-electron chi connectivity index (χ4n) is 3.60. The molecule has 2 atom stereocenters. The zero-order valence-electron chi connectivity index (χ0n) is 13.2. The third kappa shape index (κ3) is 2.50. The van der Waals surface area contributed by atoms with E-state index in [9.17, 15) is 8.42 Å². The number of nitrogens with zero attached hydrogens (tertiary/aromatic N) is 1. The fourth-order valence-corrected chi connectivity index (χ4v) is 4.11. The Kier molecular flexibility index (Phi) is 3.03. The van der Waals surface area contributed by atoms with Crippen molar-refractivity contribution in [2.45, 2.75) is 49.3 Å². The molecule has 2 N–H and O–H groups in total. The maximum absolute atomic E-state index is 11.4. The van der Waals surface area contributed by atoms with Gasteiger partial charge in [0.05, 0.1) is 10.6 Å². The first kappa shape index (κ1) is 14.9. The van der Waals surface area contributed by atoms with Crippen molar-refractivity contribution in [3.63, 3.8) is 0 Å². The van der Waals surface area contributed by atoms with Gasteiger partial charge in [0, 0.05) is 17.8 Å². The highest BCUT2D eigenvalue weighted by Gasteiger charge is 2.61. The Balaban J connectivity index is 1.61. The maximum atomic E-state index is 11.4. The van der Waals surface area contributed by atoms with Crippen LogP contribution in [0.15, 0.2) is 39.8 Å². The highest BCUT2D eigenvalue weighted by Crippen LogP contribution is 2.69. The summed E-state index contributed by atoms with van der Waals surface area (Å²) in [5.41, 5.74) is 2.22. The first-order chi connectivity index (χ1) is 10.8. The first-order valence-electron chi connectivity index (χ1n) is 7.86. The molecular formula is C17H20N2O3S. The number of aromatic nitrogens is 1. The van der Waals surface area contributed by atoms with Gasteiger partial charge in [-0.05, 0) is 36.0 Å². The molecule has 5 nitrogen and oxygen atoms in total. The molecule has 122 valence electrons. The summed E-state index contributed by atoms with van der Waals surface area (Å²) in [6.07, 6.45) is 4.21.